The fourth-order valence-electron chi connectivity index (χ4n) is 3.80. The molecule has 0 aliphatic carbocycles. The molecule has 3 aromatic rings. The molecule has 1 unspecified atom stereocenters. The molecule has 3 aromatic carbocycles. The number of rotatable bonds is 6. The molecule has 1 aliphatic heterocycles. The van der Waals surface area contributed by atoms with Gasteiger partial charge in [-0.25, -0.2) is 4.39 Å². The zero-order valence-corrected chi connectivity index (χ0v) is 17.3. The van der Waals surface area contributed by atoms with Gasteiger partial charge in [0.25, 0.3) is 0 Å². The number of hydrogen-bond donors (Lipinski definition) is 1. The highest BCUT2D eigenvalue weighted by Crippen LogP contribution is 2.36. The highest BCUT2D eigenvalue weighted by Gasteiger charge is 2.21. The van der Waals surface area contributed by atoms with Gasteiger partial charge in [-0.1, -0.05) is 48.6 Å². The molecule has 1 N–H and O–H groups in total. The Labute approximate surface area is 177 Å². The number of hydrogen-bond acceptors (Lipinski definition) is 3. The Hall–Kier alpha value is -3.11. The van der Waals surface area contributed by atoms with Crippen LogP contribution in [0.1, 0.15) is 33.9 Å². The van der Waals surface area contributed by atoms with Crippen molar-refractivity contribution in [3.63, 3.8) is 0 Å². The van der Waals surface area contributed by atoms with Crippen LogP contribution < -0.4 is 14.8 Å². The summed E-state index contributed by atoms with van der Waals surface area (Å²) < 4.78 is 25.1. The van der Waals surface area contributed by atoms with E-state index in [2.05, 4.69) is 23.5 Å². The van der Waals surface area contributed by atoms with E-state index >= 15 is 0 Å². The van der Waals surface area contributed by atoms with Crippen LogP contribution >= 0.6 is 0 Å². The van der Waals surface area contributed by atoms with Crippen LogP contribution in [-0.2, 0) is 13.0 Å². The topological polar surface area (TPSA) is 30.5 Å². The lowest BCUT2D eigenvalue weighted by Gasteiger charge is -2.26. The van der Waals surface area contributed by atoms with Gasteiger partial charge in [-0.15, -0.1) is 0 Å². The van der Waals surface area contributed by atoms with Crippen molar-refractivity contribution >= 4 is 6.08 Å². The average molecular weight is 403 g/mol. The maximum absolute atomic E-state index is 13.4. The van der Waals surface area contributed by atoms with E-state index in [0.29, 0.717) is 6.61 Å². The van der Waals surface area contributed by atoms with E-state index in [1.54, 1.807) is 13.2 Å². The molecule has 3 nitrogen and oxygen atoms in total. The first-order valence-corrected chi connectivity index (χ1v) is 10.2. The second-order valence-corrected chi connectivity index (χ2v) is 7.52. The minimum absolute atomic E-state index is 0.0651. The number of nitrogens with one attached hydrogen (secondary N) is 1. The van der Waals surface area contributed by atoms with Crippen LogP contribution in [0.15, 0.2) is 66.7 Å². The Balaban J connectivity index is 1.57. The van der Waals surface area contributed by atoms with Crippen molar-refractivity contribution in [2.24, 2.45) is 0 Å². The highest BCUT2D eigenvalue weighted by atomic mass is 19.1. The van der Waals surface area contributed by atoms with Gasteiger partial charge in [-0.05, 0) is 65.4 Å². The zero-order valence-electron chi connectivity index (χ0n) is 17.3. The van der Waals surface area contributed by atoms with Crippen LogP contribution in [0.2, 0.25) is 0 Å². The maximum atomic E-state index is 13.4. The van der Waals surface area contributed by atoms with E-state index in [4.69, 9.17) is 9.47 Å². The van der Waals surface area contributed by atoms with Crippen LogP contribution in [-0.4, -0.2) is 13.7 Å². The van der Waals surface area contributed by atoms with Gasteiger partial charge in [-0.3, -0.25) is 0 Å². The molecule has 0 saturated carbocycles. The summed E-state index contributed by atoms with van der Waals surface area (Å²) in [7, 11) is 1.67. The van der Waals surface area contributed by atoms with E-state index in [0.717, 1.165) is 41.2 Å². The molecular formula is C26H26FNO2. The number of methoxy groups -OCH3 is 1. The second-order valence-electron chi connectivity index (χ2n) is 7.52. The predicted octanol–water partition coefficient (Wildman–Crippen LogP) is 5.62. The summed E-state index contributed by atoms with van der Waals surface area (Å²) in [6, 6.07) is 19.2. The van der Waals surface area contributed by atoms with Gasteiger partial charge in [0.1, 0.15) is 12.4 Å². The first-order chi connectivity index (χ1) is 14.6. The Bertz CT molecular complexity index is 1050. The van der Waals surface area contributed by atoms with Crippen LogP contribution in [0, 0.1) is 12.7 Å². The third-order valence-electron chi connectivity index (χ3n) is 5.46. The average Bonchev–Trinajstić information content (AvgIpc) is 2.77. The molecule has 0 amide bonds. The van der Waals surface area contributed by atoms with Crippen LogP contribution in [0.4, 0.5) is 4.39 Å². The van der Waals surface area contributed by atoms with Crippen molar-refractivity contribution in [2.75, 3.05) is 13.7 Å². The highest BCUT2D eigenvalue weighted by molar-refractivity contribution is 5.57. The minimum Gasteiger partial charge on any atom is -0.493 e. The molecule has 0 saturated heterocycles. The zero-order chi connectivity index (χ0) is 20.9. The smallest absolute Gasteiger partial charge is 0.161 e. The number of benzene rings is 3. The van der Waals surface area contributed by atoms with E-state index in [1.165, 1.54) is 17.2 Å². The number of fused-ring (bicyclic) bond motifs is 1. The molecule has 0 aromatic heterocycles. The lowest BCUT2D eigenvalue weighted by atomic mass is 9.92. The number of halogens is 1. The van der Waals surface area contributed by atoms with E-state index in [9.17, 15) is 4.39 Å². The Kier molecular flexibility index (Phi) is 6.15. The monoisotopic (exact) mass is 403 g/mol. The molecule has 4 heteroatoms. The molecule has 4 rings (SSSR count). The normalized spacial score (nSPS) is 15.8. The van der Waals surface area contributed by atoms with Gasteiger partial charge in [0.2, 0.25) is 0 Å². The summed E-state index contributed by atoms with van der Waals surface area (Å²) >= 11 is 0. The van der Waals surface area contributed by atoms with Crippen molar-refractivity contribution in [3.8, 4) is 11.5 Å². The second kappa shape index (κ2) is 9.14. The van der Waals surface area contributed by atoms with Crippen molar-refractivity contribution in [2.45, 2.75) is 26.0 Å². The maximum Gasteiger partial charge on any atom is 0.161 e. The standard InChI is InChI=1S/C26H26FNO2/c1-18-14-22(27)10-8-20(18)9-11-24-23-16-25(29-2)26(15-21(23)12-13-28-24)30-17-19-6-4-3-5-7-19/h3-11,14-16,24,28H,12-13,17H2,1-2H3. The lowest BCUT2D eigenvalue weighted by Crippen LogP contribution is -2.28. The van der Waals surface area contributed by atoms with E-state index in [1.807, 2.05) is 49.4 Å². The summed E-state index contributed by atoms with van der Waals surface area (Å²) in [4.78, 5) is 0. The van der Waals surface area contributed by atoms with Gasteiger partial charge in [0.15, 0.2) is 11.5 Å². The Morgan fingerprint density at radius 1 is 1.07 bits per heavy atom. The van der Waals surface area contributed by atoms with Crippen molar-refractivity contribution < 1.29 is 13.9 Å². The van der Waals surface area contributed by atoms with Crippen LogP contribution in [0.25, 0.3) is 6.08 Å². The van der Waals surface area contributed by atoms with Gasteiger partial charge in [0.05, 0.1) is 13.2 Å². The van der Waals surface area contributed by atoms with Gasteiger partial charge >= 0.3 is 0 Å². The lowest BCUT2D eigenvalue weighted by molar-refractivity contribution is 0.283. The summed E-state index contributed by atoms with van der Waals surface area (Å²) in [5.41, 5.74) is 5.49. The molecule has 154 valence electrons. The van der Waals surface area contributed by atoms with Crippen molar-refractivity contribution in [3.05, 3.63) is 100 Å². The molecule has 1 atom stereocenters. The largest absolute Gasteiger partial charge is 0.493 e. The van der Waals surface area contributed by atoms with Crippen molar-refractivity contribution in [1.82, 2.24) is 5.32 Å². The third kappa shape index (κ3) is 4.55. The molecule has 30 heavy (non-hydrogen) atoms. The minimum atomic E-state index is -0.210. The molecule has 0 radical (unpaired) electrons. The SMILES string of the molecule is COc1cc2c(cc1OCc1ccccc1)CCNC2C=Cc1ccc(F)cc1C. The number of aryl methyl sites for hydroxylation is 1. The summed E-state index contributed by atoms with van der Waals surface area (Å²) in [6.45, 7) is 3.31. The fraction of sp³-hybridized carbons (Fsp3) is 0.231. The van der Waals surface area contributed by atoms with Gasteiger partial charge < -0.3 is 14.8 Å². The summed E-state index contributed by atoms with van der Waals surface area (Å²) in [5.74, 6) is 1.28. The van der Waals surface area contributed by atoms with Gasteiger partial charge in [0, 0.05) is 6.54 Å². The van der Waals surface area contributed by atoms with E-state index in [-0.39, 0.29) is 11.9 Å². The third-order valence-corrected chi connectivity index (χ3v) is 5.46. The molecule has 0 spiro atoms. The quantitative estimate of drug-likeness (QED) is 0.579. The molecule has 1 heterocycles. The summed E-state index contributed by atoms with van der Waals surface area (Å²) in [6.07, 6.45) is 5.11. The Morgan fingerprint density at radius 2 is 1.90 bits per heavy atom. The van der Waals surface area contributed by atoms with Crippen LogP contribution in [0.5, 0.6) is 11.5 Å². The molecular weight excluding hydrogens is 377 g/mol. The predicted molar refractivity (Wildman–Crippen MR) is 118 cm³/mol. The van der Waals surface area contributed by atoms with Crippen molar-refractivity contribution in [1.29, 1.82) is 0 Å². The fourth-order valence-corrected chi connectivity index (χ4v) is 3.80. The first-order valence-electron chi connectivity index (χ1n) is 10.2. The number of ether oxygens (including phenoxy) is 2. The molecule has 1 aliphatic rings. The van der Waals surface area contributed by atoms with E-state index < -0.39 is 0 Å². The summed E-state index contributed by atoms with van der Waals surface area (Å²) in [5, 5.41) is 3.55. The molecule has 0 bridgehead atoms. The molecule has 0 fully saturated rings. The first kappa shape index (κ1) is 20.2. The van der Waals surface area contributed by atoms with Gasteiger partial charge in [-0.2, -0.15) is 0 Å². The Morgan fingerprint density at radius 3 is 2.67 bits per heavy atom. The van der Waals surface area contributed by atoms with Crippen LogP contribution in [0.3, 0.4) is 0 Å².